The third kappa shape index (κ3) is 3.50. The molecule has 27 heavy (non-hydrogen) atoms. The van der Waals surface area contributed by atoms with Gasteiger partial charge in [-0.25, -0.2) is 0 Å². The average molecular weight is 388 g/mol. The summed E-state index contributed by atoms with van der Waals surface area (Å²) < 4.78 is 4.27. The van der Waals surface area contributed by atoms with Crippen LogP contribution in [0.2, 0.25) is 0 Å². The first kappa shape index (κ1) is 18.2. The second-order valence-electron chi connectivity index (χ2n) is 7.19. The van der Waals surface area contributed by atoms with Gasteiger partial charge in [0, 0.05) is 25.4 Å². The number of nitrogens with zero attached hydrogens (tertiary/aromatic N) is 4. The molecule has 3 aromatic heterocycles. The van der Waals surface area contributed by atoms with E-state index in [1.807, 2.05) is 22.8 Å². The number of nitrogens with one attached hydrogen (secondary N) is 1. The van der Waals surface area contributed by atoms with E-state index in [1.165, 1.54) is 37.0 Å². The van der Waals surface area contributed by atoms with Crippen molar-refractivity contribution in [2.24, 2.45) is 0 Å². The summed E-state index contributed by atoms with van der Waals surface area (Å²) in [5.41, 5.74) is 0.800. The number of rotatable bonds is 5. The maximum atomic E-state index is 12.6. The highest BCUT2D eigenvalue weighted by Crippen LogP contribution is 2.20. The lowest BCUT2D eigenvalue weighted by molar-refractivity contribution is -0.121. The summed E-state index contributed by atoms with van der Waals surface area (Å²) in [7, 11) is 0. The van der Waals surface area contributed by atoms with Crippen LogP contribution >= 0.6 is 11.3 Å². The van der Waals surface area contributed by atoms with E-state index in [2.05, 4.69) is 15.5 Å². The van der Waals surface area contributed by atoms with Gasteiger partial charge in [0.2, 0.25) is 11.7 Å². The lowest BCUT2D eigenvalue weighted by Gasteiger charge is -2.16. The molecule has 0 bridgehead atoms. The quantitative estimate of drug-likeness (QED) is 0.683. The zero-order chi connectivity index (χ0) is 18.8. The molecule has 0 saturated heterocycles. The van der Waals surface area contributed by atoms with Crippen molar-refractivity contribution >= 4 is 33.2 Å². The molecule has 7 nitrogen and oxygen atoms in total. The monoisotopic (exact) mass is 387 g/mol. The number of carbonyl (C=O) groups excluding carboxylic acids is 1. The van der Waals surface area contributed by atoms with Crippen LogP contribution < -0.4 is 10.9 Å². The van der Waals surface area contributed by atoms with E-state index in [4.69, 9.17) is 0 Å². The molecule has 8 heteroatoms. The summed E-state index contributed by atoms with van der Waals surface area (Å²) in [6.45, 7) is 2.46. The van der Waals surface area contributed by atoms with Gasteiger partial charge in [0.1, 0.15) is 10.5 Å². The number of hydrogen-bond donors (Lipinski definition) is 1. The molecule has 0 atom stereocenters. The molecule has 1 fully saturated rings. The summed E-state index contributed by atoms with van der Waals surface area (Å²) in [6, 6.07) is 2.23. The second kappa shape index (κ2) is 7.80. The van der Waals surface area contributed by atoms with E-state index in [9.17, 15) is 9.59 Å². The van der Waals surface area contributed by atoms with Crippen LogP contribution in [0.4, 0.5) is 0 Å². The Hall–Kier alpha value is -2.22. The van der Waals surface area contributed by atoms with E-state index in [1.54, 1.807) is 4.57 Å². The van der Waals surface area contributed by atoms with Crippen molar-refractivity contribution in [3.05, 3.63) is 27.6 Å². The predicted molar refractivity (Wildman–Crippen MR) is 106 cm³/mol. The molecule has 3 aromatic rings. The molecule has 0 aliphatic heterocycles. The highest BCUT2D eigenvalue weighted by Gasteiger charge is 2.18. The van der Waals surface area contributed by atoms with Gasteiger partial charge in [-0.2, -0.15) is 0 Å². The minimum absolute atomic E-state index is 0.0277. The van der Waals surface area contributed by atoms with E-state index in [0.717, 1.165) is 24.2 Å². The smallest absolute Gasteiger partial charge is 0.272 e. The highest BCUT2D eigenvalue weighted by atomic mass is 32.1. The second-order valence-corrected chi connectivity index (χ2v) is 8.11. The Balaban J connectivity index is 1.55. The topological polar surface area (TPSA) is 81.3 Å². The summed E-state index contributed by atoms with van der Waals surface area (Å²) in [6.07, 6.45) is 7.99. The van der Waals surface area contributed by atoms with Crippen molar-refractivity contribution in [1.29, 1.82) is 0 Å². The van der Waals surface area contributed by atoms with Gasteiger partial charge in [-0.1, -0.05) is 25.7 Å². The third-order valence-electron chi connectivity index (χ3n) is 5.39. The molecular weight excluding hydrogens is 362 g/mol. The lowest BCUT2D eigenvalue weighted by Crippen LogP contribution is -2.34. The summed E-state index contributed by atoms with van der Waals surface area (Å²) >= 11 is 1.43. The minimum atomic E-state index is -0.0277. The maximum absolute atomic E-state index is 12.6. The summed E-state index contributed by atoms with van der Waals surface area (Å²) in [5, 5.41) is 13.6. The fourth-order valence-electron chi connectivity index (χ4n) is 3.98. The van der Waals surface area contributed by atoms with Crippen molar-refractivity contribution in [3.63, 3.8) is 0 Å². The summed E-state index contributed by atoms with van der Waals surface area (Å²) in [5.74, 6) is 1.35. The molecule has 1 amide bonds. The molecule has 0 aromatic carbocycles. The van der Waals surface area contributed by atoms with E-state index < -0.39 is 0 Å². The van der Waals surface area contributed by atoms with Crippen LogP contribution in [-0.4, -0.2) is 31.1 Å². The Bertz CT molecular complexity index is 1010. The minimum Gasteiger partial charge on any atom is -0.353 e. The fourth-order valence-corrected chi connectivity index (χ4v) is 4.80. The number of carbonyl (C=O) groups is 1. The maximum Gasteiger partial charge on any atom is 0.272 e. The molecule has 3 heterocycles. The Morgan fingerprint density at radius 1 is 1.26 bits per heavy atom. The van der Waals surface area contributed by atoms with Gasteiger partial charge < -0.3 is 5.32 Å². The van der Waals surface area contributed by atoms with Crippen molar-refractivity contribution in [2.45, 2.75) is 70.9 Å². The number of aryl methyl sites for hydroxylation is 2. The number of thiophene rings is 1. The number of amides is 1. The van der Waals surface area contributed by atoms with Gasteiger partial charge in [-0.05, 0) is 31.2 Å². The highest BCUT2D eigenvalue weighted by molar-refractivity contribution is 7.17. The van der Waals surface area contributed by atoms with Gasteiger partial charge >= 0.3 is 0 Å². The Kier molecular flexibility index (Phi) is 5.24. The van der Waals surface area contributed by atoms with Gasteiger partial charge in [0.15, 0.2) is 0 Å². The standard InChI is InChI=1S/C19H25N5O2S/c1-2-23-18(26)17-14(11-12-27-17)24-15(21-22-19(23)24)9-10-16(25)20-13-7-5-3-4-6-8-13/h11-13H,2-10H2,1H3,(H,20,25). The molecule has 0 spiro atoms. The normalized spacial score (nSPS) is 16.0. The fraction of sp³-hybridized carbons (Fsp3) is 0.579. The van der Waals surface area contributed by atoms with Crippen LogP contribution in [0.1, 0.15) is 57.7 Å². The zero-order valence-electron chi connectivity index (χ0n) is 15.6. The molecule has 1 aliphatic rings. The number of fused-ring (bicyclic) bond motifs is 3. The first-order chi connectivity index (χ1) is 13.2. The van der Waals surface area contributed by atoms with Crippen molar-refractivity contribution in [1.82, 2.24) is 24.5 Å². The Morgan fingerprint density at radius 3 is 2.78 bits per heavy atom. The van der Waals surface area contributed by atoms with E-state index >= 15 is 0 Å². The van der Waals surface area contributed by atoms with Crippen LogP contribution in [0.25, 0.3) is 16.0 Å². The van der Waals surface area contributed by atoms with Gasteiger partial charge in [0.05, 0.1) is 5.52 Å². The molecule has 0 unspecified atom stereocenters. The predicted octanol–water partition coefficient (Wildman–Crippen LogP) is 2.90. The van der Waals surface area contributed by atoms with Crippen molar-refractivity contribution in [2.75, 3.05) is 0 Å². The first-order valence-electron chi connectivity index (χ1n) is 9.82. The first-order valence-corrected chi connectivity index (χ1v) is 10.7. The van der Waals surface area contributed by atoms with E-state index in [0.29, 0.717) is 35.9 Å². The molecule has 0 radical (unpaired) electrons. The Morgan fingerprint density at radius 2 is 2.04 bits per heavy atom. The molecule has 4 rings (SSSR count). The van der Waals surface area contributed by atoms with Crippen LogP contribution in [0.15, 0.2) is 16.2 Å². The Labute approximate surface area is 161 Å². The zero-order valence-corrected chi connectivity index (χ0v) is 16.4. The SMILES string of the molecule is CCn1c(=O)c2sccc2n2c(CCC(=O)NC3CCCCCC3)nnc12. The molecule has 1 aliphatic carbocycles. The van der Waals surface area contributed by atoms with Crippen LogP contribution in [0, 0.1) is 0 Å². The summed E-state index contributed by atoms with van der Waals surface area (Å²) in [4.78, 5) is 25.0. The number of hydrogen-bond acceptors (Lipinski definition) is 5. The lowest BCUT2D eigenvalue weighted by atomic mass is 10.1. The third-order valence-corrected chi connectivity index (χ3v) is 6.28. The molecular formula is C19H25N5O2S. The van der Waals surface area contributed by atoms with Gasteiger partial charge in [0.25, 0.3) is 5.56 Å². The molecule has 144 valence electrons. The largest absolute Gasteiger partial charge is 0.353 e. The van der Waals surface area contributed by atoms with Crippen LogP contribution in [-0.2, 0) is 17.8 Å². The van der Waals surface area contributed by atoms with Crippen LogP contribution in [0.5, 0.6) is 0 Å². The van der Waals surface area contributed by atoms with Crippen molar-refractivity contribution in [3.8, 4) is 0 Å². The van der Waals surface area contributed by atoms with E-state index in [-0.39, 0.29) is 11.5 Å². The molecule has 1 N–H and O–H groups in total. The van der Waals surface area contributed by atoms with Gasteiger partial charge in [-0.3, -0.25) is 18.6 Å². The van der Waals surface area contributed by atoms with Crippen molar-refractivity contribution < 1.29 is 4.79 Å². The average Bonchev–Trinajstić information content (AvgIpc) is 3.22. The number of aromatic nitrogens is 4. The molecule has 1 saturated carbocycles. The van der Waals surface area contributed by atoms with Crippen LogP contribution in [0.3, 0.4) is 0 Å². The van der Waals surface area contributed by atoms with Gasteiger partial charge in [-0.15, -0.1) is 21.5 Å².